The van der Waals surface area contributed by atoms with Crippen LogP contribution in [0.1, 0.15) is 21.6 Å². The largest absolute Gasteiger partial charge is 0.378 e. The molecule has 0 fully saturated rings. The molecule has 4 nitrogen and oxygen atoms in total. The lowest BCUT2D eigenvalue weighted by Gasteiger charge is -2.13. The van der Waals surface area contributed by atoms with Crippen LogP contribution < -0.4 is 10.2 Å². The number of aromatic nitrogens is 1. The Hall–Kier alpha value is -2.36. The van der Waals surface area contributed by atoms with Gasteiger partial charge in [0.15, 0.2) is 0 Å². The summed E-state index contributed by atoms with van der Waals surface area (Å²) in [4.78, 5) is 18.4. The van der Waals surface area contributed by atoms with Crippen LogP contribution in [-0.2, 0) is 0 Å². The van der Waals surface area contributed by atoms with Crippen molar-refractivity contribution in [3.05, 3.63) is 53.3 Å². The number of aryl methyl sites for hydroxylation is 1. The first-order valence-electron chi connectivity index (χ1n) is 6.50. The zero-order valence-electron chi connectivity index (χ0n) is 12.3. The lowest BCUT2D eigenvalue weighted by Crippen LogP contribution is -2.14. The van der Waals surface area contributed by atoms with Crippen molar-refractivity contribution in [3.63, 3.8) is 0 Å². The number of nitrogens with one attached hydrogen (secondary N) is 1. The van der Waals surface area contributed by atoms with Crippen molar-refractivity contribution >= 4 is 17.3 Å². The molecule has 1 aromatic heterocycles. The summed E-state index contributed by atoms with van der Waals surface area (Å²) < 4.78 is 0. The SMILES string of the molecule is Cc1nccc(C(=O)Nc2ccc(N(C)C)cc2)c1C. The third-order valence-electron chi connectivity index (χ3n) is 3.34. The van der Waals surface area contributed by atoms with E-state index < -0.39 is 0 Å². The van der Waals surface area contributed by atoms with E-state index in [0.717, 1.165) is 22.6 Å². The van der Waals surface area contributed by atoms with Gasteiger partial charge >= 0.3 is 0 Å². The molecule has 104 valence electrons. The van der Waals surface area contributed by atoms with Gasteiger partial charge in [0.25, 0.3) is 5.91 Å². The summed E-state index contributed by atoms with van der Waals surface area (Å²) in [5.74, 6) is -0.106. The van der Waals surface area contributed by atoms with E-state index in [-0.39, 0.29) is 5.91 Å². The molecular formula is C16H19N3O. The van der Waals surface area contributed by atoms with Gasteiger partial charge in [-0.1, -0.05) is 0 Å². The van der Waals surface area contributed by atoms with E-state index in [0.29, 0.717) is 5.56 Å². The fraction of sp³-hybridized carbons (Fsp3) is 0.250. The Morgan fingerprint density at radius 1 is 1.10 bits per heavy atom. The van der Waals surface area contributed by atoms with Crippen LogP contribution in [-0.4, -0.2) is 25.0 Å². The second-order valence-corrected chi connectivity index (χ2v) is 4.96. The van der Waals surface area contributed by atoms with Crippen LogP contribution in [0.4, 0.5) is 11.4 Å². The van der Waals surface area contributed by atoms with Crippen molar-refractivity contribution in [1.82, 2.24) is 4.98 Å². The first-order chi connectivity index (χ1) is 9.49. The Labute approximate surface area is 119 Å². The van der Waals surface area contributed by atoms with Gasteiger partial charge in [-0.05, 0) is 49.7 Å². The molecular weight excluding hydrogens is 250 g/mol. The van der Waals surface area contributed by atoms with Crippen LogP contribution >= 0.6 is 0 Å². The third-order valence-corrected chi connectivity index (χ3v) is 3.34. The maximum absolute atomic E-state index is 12.3. The van der Waals surface area contributed by atoms with Crippen molar-refractivity contribution in [2.45, 2.75) is 13.8 Å². The van der Waals surface area contributed by atoms with Crippen LogP contribution in [0, 0.1) is 13.8 Å². The molecule has 4 heteroatoms. The second kappa shape index (κ2) is 5.74. The Balaban J connectivity index is 2.17. The molecule has 1 aromatic carbocycles. The van der Waals surface area contributed by atoms with Gasteiger partial charge in [-0.15, -0.1) is 0 Å². The average molecular weight is 269 g/mol. The molecule has 1 heterocycles. The van der Waals surface area contributed by atoms with E-state index in [4.69, 9.17) is 0 Å². The van der Waals surface area contributed by atoms with Crippen LogP contribution in [0.15, 0.2) is 36.5 Å². The monoisotopic (exact) mass is 269 g/mol. The summed E-state index contributed by atoms with van der Waals surface area (Å²) in [7, 11) is 3.97. The predicted octanol–water partition coefficient (Wildman–Crippen LogP) is 3.02. The lowest BCUT2D eigenvalue weighted by molar-refractivity contribution is 0.102. The van der Waals surface area contributed by atoms with Gasteiger partial charge in [-0.3, -0.25) is 9.78 Å². The smallest absolute Gasteiger partial charge is 0.256 e. The summed E-state index contributed by atoms with van der Waals surface area (Å²) in [6.45, 7) is 3.81. The van der Waals surface area contributed by atoms with Crippen LogP contribution in [0.5, 0.6) is 0 Å². The van der Waals surface area contributed by atoms with Crippen molar-refractivity contribution < 1.29 is 4.79 Å². The first kappa shape index (κ1) is 14.1. The van der Waals surface area contributed by atoms with E-state index in [1.165, 1.54) is 0 Å². The molecule has 0 spiro atoms. The second-order valence-electron chi connectivity index (χ2n) is 4.96. The molecule has 0 bridgehead atoms. The van der Waals surface area contributed by atoms with Crippen molar-refractivity contribution in [2.75, 3.05) is 24.3 Å². The van der Waals surface area contributed by atoms with Gasteiger partial charge in [0.2, 0.25) is 0 Å². The number of pyridine rings is 1. The van der Waals surface area contributed by atoms with Gasteiger partial charge in [0.05, 0.1) is 0 Å². The zero-order valence-corrected chi connectivity index (χ0v) is 12.3. The molecule has 0 saturated heterocycles. The van der Waals surface area contributed by atoms with E-state index in [2.05, 4.69) is 10.3 Å². The standard InChI is InChI=1S/C16H19N3O/c1-11-12(2)17-10-9-15(11)16(20)18-13-5-7-14(8-6-13)19(3)4/h5-10H,1-4H3,(H,18,20). The highest BCUT2D eigenvalue weighted by Gasteiger charge is 2.11. The number of hydrogen-bond acceptors (Lipinski definition) is 3. The minimum absolute atomic E-state index is 0.106. The maximum atomic E-state index is 12.3. The number of amides is 1. The molecule has 0 aliphatic heterocycles. The van der Waals surface area contributed by atoms with E-state index in [1.807, 2.05) is 57.1 Å². The number of nitrogens with zero attached hydrogens (tertiary/aromatic N) is 2. The maximum Gasteiger partial charge on any atom is 0.256 e. The molecule has 1 amide bonds. The Kier molecular flexibility index (Phi) is 4.03. The van der Waals surface area contributed by atoms with Crippen molar-refractivity contribution in [1.29, 1.82) is 0 Å². The molecule has 0 unspecified atom stereocenters. The van der Waals surface area contributed by atoms with Crippen molar-refractivity contribution in [3.8, 4) is 0 Å². The summed E-state index contributed by atoms with van der Waals surface area (Å²) in [6, 6.07) is 9.49. The number of hydrogen-bond donors (Lipinski definition) is 1. The van der Waals surface area contributed by atoms with Gasteiger partial charge in [0, 0.05) is 42.9 Å². The topological polar surface area (TPSA) is 45.2 Å². The highest BCUT2D eigenvalue weighted by molar-refractivity contribution is 6.05. The number of carbonyl (C=O) groups is 1. The Morgan fingerprint density at radius 2 is 1.75 bits per heavy atom. The van der Waals surface area contributed by atoms with E-state index in [9.17, 15) is 4.79 Å². The Morgan fingerprint density at radius 3 is 2.35 bits per heavy atom. The fourth-order valence-electron chi connectivity index (χ4n) is 1.93. The summed E-state index contributed by atoms with van der Waals surface area (Å²) in [5.41, 5.74) is 4.33. The number of anilines is 2. The number of rotatable bonds is 3. The van der Waals surface area contributed by atoms with Gasteiger partial charge in [-0.2, -0.15) is 0 Å². The summed E-state index contributed by atoms with van der Waals surface area (Å²) in [6.07, 6.45) is 1.66. The lowest BCUT2D eigenvalue weighted by atomic mass is 10.1. The summed E-state index contributed by atoms with van der Waals surface area (Å²) >= 11 is 0. The third kappa shape index (κ3) is 2.96. The molecule has 20 heavy (non-hydrogen) atoms. The molecule has 0 radical (unpaired) electrons. The quantitative estimate of drug-likeness (QED) is 0.931. The van der Waals surface area contributed by atoms with Gasteiger partial charge in [0.1, 0.15) is 0 Å². The molecule has 0 saturated carbocycles. The predicted molar refractivity (Wildman–Crippen MR) is 82.4 cm³/mol. The highest BCUT2D eigenvalue weighted by atomic mass is 16.1. The molecule has 0 aliphatic rings. The minimum atomic E-state index is -0.106. The normalized spacial score (nSPS) is 10.2. The number of benzene rings is 1. The minimum Gasteiger partial charge on any atom is -0.378 e. The molecule has 0 aliphatic carbocycles. The highest BCUT2D eigenvalue weighted by Crippen LogP contribution is 2.17. The summed E-state index contributed by atoms with van der Waals surface area (Å²) in [5, 5.41) is 2.91. The zero-order chi connectivity index (χ0) is 14.7. The van der Waals surface area contributed by atoms with Crippen LogP contribution in [0.25, 0.3) is 0 Å². The molecule has 2 aromatic rings. The molecule has 0 atom stereocenters. The van der Waals surface area contributed by atoms with Crippen LogP contribution in [0.2, 0.25) is 0 Å². The molecule has 1 N–H and O–H groups in total. The fourth-order valence-corrected chi connectivity index (χ4v) is 1.93. The van der Waals surface area contributed by atoms with E-state index >= 15 is 0 Å². The first-order valence-corrected chi connectivity index (χ1v) is 6.50. The Bertz CT molecular complexity index is 618. The van der Waals surface area contributed by atoms with E-state index in [1.54, 1.807) is 12.3 Å². The van der Waals surface area contributed by atoms with Gasteiger partial charge < -0.3 is 10.2 Å². The van der Waals surface area contributed by atoms with Gasteiger partial charge in [-0.25, -0.2) is 0 Å². The molecule has 2 rings (SSSR count). The number of carbonyl (C=O) groups excluding carboxylic acids is 1. The van der Waals surface area contributed by atoms with Crippen molar-refractivity contribution in [2.24, 2.45) is 0 Å². The average Bonchev–Trinajstić information content (AvgIpc) is 2.42. The van der Waals surface area contributed by atoms with Crippen LogP contribution in [0.3, 0.4) is 0 Å².